The number of nitrogens with zero attached hydrogens (tertiary/aromatic N) is 3. The van der Waals surface area contributed by atoms with Crippen LogP contribution in [-0.2, 0) is 4.79 Å². The van der Waals surface area contributed by atoms with E-state index in [0.29, 0.717) is 24.4 Å². The van der Waals surface area contributed by atoms with Crippen LogP contribution in [0.25, 0.3) is 11.3 Å². The van der Waals surface area contributed by atoms with Crippen molar-refractivity contribution in [3.05, 3.63) is 41.6 Å². The van der Waals surface area contributed by atoms with Crippen molar-refractivity contribution in [1.29, 1.82) is 0 Å². The molecule has 1 aromatic heterocycles. The highest BCUT2D eigenvalue weighted by atomic mass is 19.1. The lowest BCUT2D eigenvalue weighted by atomic mass is 9.88. The van der Waals surface area contributed by atoms with Crippen molar-refractivity contribution in [2.45, 2.75) is 51.6 Å². The monoisotopic (exact) mass is 474 g/mol. The van der Waals surface area contributed by atoms with Crippen molar-refractivity contribution < 1.29 is 22.9 Å². The van der Waals surface area contributed by atoms with Crippen molar-refractivity contribution in [1.82, 2.24) is 20.3 Å². The lowest BCUT2D eigenvalue weighted by molar-refractivity contribution is -0.136. The predicted octanol–water partition coefficient (Wildman–Crippen LogP) is 3.71. The molecule has 7 nitrogen and oxygen atoms in total. The molecule has 9 heteroatoms. The summed E-state index contributed by atoms with van der Waals surface area (Å²) in [4.78, 5) is 29.9. The van der Waals surface area contributed by atoms with Crippen LogP contribution in [0.4, 0.5) is 8.78 Å². The first-order valence-corrected chi connectivity index (χ1v) is 11.7. The fourth-order valence-corrected chi connectivity index (χ4v) is 5.22. The van der Waals surface area contributed by atoms with E-state index in [1.165, 1.54) is 18.6 Å². The number of piperidine rings is 1. The number of nitrogens with one attached hydrogen (secondary N) is 1. The van der Waals surface area contributed by atoms with E-state index in [4.69, 9.17) is 4.52 Å². The molecule has 1 saturated carbocycles. The van der Waals surface area contributed by atoms with Crippen LogP contribution in [0.5, 0.6) is 0 Å². The second-order valence-electron chi connectivity index (χ2n) is 10.5. The van der Waals surface area contributed by atoms with Gasteiger partial charge in [-0.1, -0.05) is 19.0 Å². The first-order valence-electron chi connectivity index (χ1n) is 11.7. The van der Waals surface area contributed by atoms with Gasteiger partial charge in [0.15, 0.2) is 11.5 Å². The van der Waals surface area contributed by atoms with Gasteiger partial charge in [0.05, 0.1) is 11.5 Å². The normalized spacial score (nSPS) is 24.7. The van der Waals surface area contributed by atoms with Gasteiger partial charge in [-0.25, -0.2) is 8.78 Å². The Hall–Kier alpha value is -2.81. The van der Waals surface area contributed by atoms with E-state index in [-0.39, 0.29) is 34.9 Å². The number of carbonyl (C=O) groups is 2. The van der Waals surface area contributed by atoms with E-state index in [9.17, 15) is 18.4 Å². The minimum Gasteiger partial charge on any atom is -0.355 e. The molecule has 184 valence electrons. The zero-order chi connectivity index (χ0) is 24.6. The van der Waals surface area contributed by atoms with Gasteiger partial charge in [-0.2, -0.15) is 0 Å². The van der Waals surface area contributed by atoms with E-state index in [1.54, 1.807) is 19.0 Å². The Morgan fingerprint density at radius 3 is 2.62 bits per heavy atom. The predicted molar refractivity (Wildman–Crippen MR) is 123 cm³/mol. The van der Waals surface area contributed by atoms with Crippen LogP contribution in [0.15, 0.2) is 28.8 Å². The Morgan fingerprint density at radius 2 is 1.97 bits per heavy atom. The van der Waals surface area contributed by atoms with Crippen LogP contribution in [0.3, 0.4) is 0 Å². The van der Waals surface area contributed by atoms with Gasteiger partial charge in [0, 0.05) is 51.4 Å². The summed E-state index contributed by atoms with van der Waals surface area (Å²) in [5.74, 6) is -2.37. The molecule has 2 heterocycles. The number of benzene rings is 1. The number of amides is 2. The highest BCUT2D eigenvalue weighted by Gasteiger charge is 2.41. The van der Waals surface area contributed by atoms with Crippen LogP contribution in [0.1, 0.15) is 50.0 Å². The average Bonchev–Trinajstić information content (AvgIpc) is 3.40. The number of halogens is 2. The molecule has 0 spiro atoms. The third-order valence-corrected chi connectivity index (χ3v) is 7.12. The maximum absolute atomic E-state index is 14.1. The summed E-state index contributed by atoms with van der Waals surface area (Å²) in [6.45, 7) is 5.96. The molecule has 1 aromatic carbocycles. The quantitative estimate of drug-likeness (QED) is 0.715. The smallest absolute Gasteiger partial charge is 0.273 e. The molecule has 4 rings (SSSR count). The first kappa shape index (κ1) is 24.3. The number of likely N-dealkylation sites (tertiary alicyclic amines) is 1. The number of aromatic nitrogens is 1. The van der Waals surface area contributed by atoms with E-state index in [1.807, 2.05) is 0 Å². The maximum Gasteiger partial charge on any atom is 0.273 e. The number of hydrogen-bond donors (Lipinski definition) is 1. The van der Waals surface area contributed by atoms with Gasteiger partial charge >= 0.3 is 0 Å². The van der Waals surface area contributed by atoms with Crippen LogP contribution in [0, 0.1) is 23.0 Å². The molecule has 1 N–H and O–H groups in total. The molecule has 0 radical (unpaired) electrons. The largest absolute Gasteiger partial charge is 0.355 e. The fraction of sp³-hybridized carbons (Fsp3) is 0.560. The zero-order valence-corrected chi connectivity index (χ0v) is 20.1. The highest BCUT2D eigenvalue weighted by molar-refractivity contribution is 5.94. The number of rotatable bonds is 5. The lowest BCUT2D eigenvalue weighted by Crippen LogP contribution is -2.57. The van der Waals surface area contributed by atoms with Gasteiger partial charge in [0.1, 0.15) is 11.6 Å². The Kier molecular flexibility index (Phi) is 6.75. The molecule has 1 saturated heterocycles. The summed E-state index contributed by atoms with van der Waals surface area (Å²) in [5, 5.41) is 6.71. The Bertz CT molecular complexity index is 1070. The summed E-state index contributed by atoms with van der Waals surface area (Å²) in [5.41, 5.74) is 0.307. The fourth-order valence-electron chi connectivity index (χ4n) is 5.22. The van der Waals surface area contributed by atoms with Gasteiger partial charge in [-0.3, -0.25) is 14.5 Å². The van der Waals surface area contributed by atoms with Crippen molar-refractivity contribution in [3.63, 3.8) is 0 Å². The highest BCUT2D eigenvalue weighted by Crippen LogP contribution is 2.40. The molecule has 3 atom stereocenters. The van der Waals surface area contributed by atoms with E-state index < -0.39 is 17.5 Å². The zero-order valence-electron chi connectivity index (χ0n) is 20.1. The second kappa shape index (κ2) is 9.44. The summed E-state index contributed by atoms with van der Waals surface area (Å²) in [6.07, 6.45) is 4.04. The van der Waals surface area contributed by atoms with E-state index in [0.717, 1.165) is 31.5 Å². The molecule has 1 aliphatic carbocycles. The first-order chi connectivity index (χ1) is 16.0. The molecule has 2 aliphatic rings. The van der Waals surface area contributed by atoms with Crippen molar-refractivity contribution in [3.8, 4) is 11.3 Å². The van der Waals surface area contributed by atoms with Crippen LogP contribution >= 0.6 is 0 Å². The average molecular weight is 475 g/mol. The van der Waals surface area contributed by atoms with Gasteiger partial charge in [-0.15, -0.1) is 0 Å². The maximum atomic E-state index is 14.1. The van der Waals surface area contributed by atoms with Crippen molar-refractivity contribution in [2.24, 2.45) is 11.3 Å². The lowest BCUT2D eigenvalue weighted by Gasteiger charge is -2.41. The molecule has 2 aromatic rings. The van der Waals surface area contributed by atoms with Crippen LogP contribution in [0.2, 0.25) is 0 Å². The molecule has 34 heavy (non-hydrogen) atoms. The Labute approximate surface area is 198 Å². The molecule has 2 fully saturated rings. The van der Waals surface area contributed by atoms with Crippen LogP contribution in [-0.4, -0.2) is 66.0 Å². The Balaban J connectivity index is 1.47. The number of hydrogen-bond acceptors (Lipinski definition) is 5. The van der Waals surface area contributed by atoms with Crippen molar-refractivity contribution >= 4 is 11.8 Å². The molecule has 2 amide bonds. The third kappa shape index (κ3) is 5.14. The standard InChI is InChI=1S/C25H32F2N4O3/c1-25(2)9-7-16(13-25)31-10-8-20(18(14-31)24(33)30(3)4)28-23(32)21-12-22(34-29-21)17-6-5-15(26)11-19(17)27/h5-6,11-12,16,18,20H,7-10,13-14H2,1-4H3,(H,28,32). The van der Waals surface area contributed by atoms with Crippen molar-refractivity contribution in [2.75, 3.05) is 27.2 Å². The van der Waals surface area contributed by atoms with Gasteiger partial charge in [-0.05, 0) is 43.2 Å². The number of carbonyl (C=O) groups excluding carboxylic acids is 2. The van der Waals surface area contributed by atoms with E-state index >= 15 is 0 Å². The molecule has 1 aliphatic heterocycles. The third-order valence-electron chi connectivity index (χ3n) is 7.12. The molecule has 3 unspecified atom stereocenters. The summed E-state index contributed by atoms with van der Waals surface area (Å²) in [6, 6.07) is 4.51. The van der Waals surface area contributed by atoms with Gasteiger partial charge in [0.25, 0.3) is 5.91 Å². The minimum absolute atomic E-state index is 0.0152. The van der Waals surface area contributed by atoms with E-state index in [2.05, 4.69) is 29.2 Å². The molecular weight excluding hydrogens is 442 g/mol. The topological polar surface area (TPSA) is 78.7 Å². The molecular formula is C25H32F2N4O3. The van der Waals surface area contributed by atoms with Gasteiger partial charge < -0.3 is 14.7 Å². The summed E-state index contributed by atoms with van der Waals surface area (Å²) in [7, 11) is 3.44. The van der Waals surface area contributed by atoms with Crippen LogP contribution < -0.4 is 5.32 Å². The SMILES string of the molecule is CN(C)C(=O)C1CN(C2CCC(C)(C)C2)CCC1NC(=O)c1cc(-c2ccc(F)cc2F)on1. The summed E-state index contributed by atoms with van der Waals surface area (Å²) >= 11 is 0. The van der Waals surface area contributed by atoms with Gasteiger partial charge in [0.2, 0.25) is 5.91 Å². The molecule has 0 bridgehead atoms. The minimum atomic E-state index is -0.804. The Morgan fingerprint density at radius 1 is 1.21 bits per heavy atom. The second-order valence-corrected chi connectivity index (χ2v) is 10.5. The summed E-state index contributed by atoms with van der Waals surface area (Å²) < 4.78 is 32.4.